The molecule has 1 atom stereocenters. The molecule has 29 heavy (non-hydrogen) atoms. The van der Waals surface area contributed by atoms with Crippen molar-refractivity contribution in [3.05, 3.63) is 30.1 Å². The molecule has 12 heteroatoms. The van der Waals surface area contributed by atoms with Crippen molar-refractivity contribution in [1.29, 1.82) is 0 Å². The van der Waals surface area contributed by atoms with Gasteiger partial charge in [-0.25, -0.2) is 9.59 Å². The summed E-state index contributed by atoms with van der Waals surface area (Å²) in [5, 5.41) is 27.6. The maximum Gasteiger partial charge on any atom is 0.414 e. The largest absolute Gasteiger partial charge is 0.473 e. The molecule has 12 nitrogen and oxygen atoms in total. The first-order valence-electron chi connectivity index (χ1n) is 9.17. The monoisotopic (exact) mass is 406 g/mol. The second kappa shape index (κ2) is 9.28. The lowest BCUT2D eigenvalue weighted by atomic mass is 10.1. The number of carboxylic acid groups (broad SMARTS) is 2. The average molecular weight is 406 g/mol. The number of aromatic nitrogens is 5. The van der Waals surface area contributed by atoms with Gasteiger partial charge in [-0.3, -0.25) is 9.48 Å². The fourth-order valence-corrected chi connectivity index (χ4v) is 3.25. The van der Waals surface area contributed by atoms with Crippen LogP contribution in [0.15, 0.2) is 18.5 Å². The van der Waals surface area contributed by atoms with E-state index in [1.807, 2.05) is 21.8 Å². The zero-order valence-corrected chi connectivity index (χ0v) is 15.7. The summed E-state index contributed by atoms with van der Waals surface area (Å²) in [5.41, 5.74) is 0. The van der Waals surface area contributed by atoms with Crippen LogP contribution in [0.5, 0.6) is 0 Å². The lowest BCUT2D eigenvalue weighted by Crippen LogP contribution is -2.38. The molecule has 0 radical (unpaired) electrons. The molecule has 4 heterocycles. The van der Waals surface area contributed by atoms with Crippen molar-refractivity contribution in [3.63, 3.8) is 0 Å². The van der Waals surface area contributed by atoms with Gasteiger partial charge < -0.3 is 24.4 Å². The first-order chi connectivity index (χ1) is 14.0. The first kappa shape index (κ1) is 20.5. The van der Waals surface area contributed by atoms with Crippen molar-refractivity contribution in [3.8, 4) is 0 Å². The summed E-state index contributed by atoms with van der Waals surface area (Å²) < 4.78 is 9.30. The Balaban J connectivity index is 0.000000353. The van der Waals surface area contributed by atoms with Crippen LogP contribution in [-0.4, -0.2) is 83.8 Å². The van der Waals surface area contributed by atoms with Crippen LogP contribution >= 0.6 is 0 Å². The predicted octanol–water partition coefficient (Wildman–Crippen LogP) is -0.900. The molecular formula is C17H22N6O6. The van der Waals surface area contributed by atoms with Crippen LogP contribution in [0.4, 0.5) is 0 Å². The van der Waals surface area contributed by atoms with Gasteiger partial charge in [0.2, 0.25) is 5.91 Å². The van der Waals surface area contributed by atoms with Gasteiger partial charge in [-0.05, 0) is 12.5 Å². The van der Waals surface area contributed by atoms with Crippen molar-refractivity contribution >= 4 is 17.8 Å². The predicted molar refractivity (Wildman–Crippen MR) is 95.8 cm³/mol. The number of carbonyl (C=O) groups excluding carboxylic acids is 1. The molecule has 156 valence electrons. The smallest absolute Gasteiger partial charge is 0.414 e. The van der Waals surface area contributed by atoms with Crippen molar-refractivity contribution < 1.29 is 29.3 Å². The minimum absolute atomic E-state index is 0.0297. The summed E-state index contributed by atoms with van der Waals surface area (Å²) in [6, 6.07) is 1.89. The Labute approximate surface area is 165 Å². The van der Waals surface area contributed by atoms with Gasteiger partial charge in [0.05, 0.1) is 12.5 Å². The fraction of sp³-hybridized carbons (Fsp3) is 0.529. The summed E-state index contributed by atoms with van der Waals surface area (Å²) in [4.78, 5) is 32.7. The molecule has 1 unspecified atom stereocenters. The summed E-state index contributed by atoms with van der Waals surface area (Å²) in [5.74, 6) is -1.56. The lowest BCUT2D eigenvalue weighted by molar-refractivity contribution is -0.159. The number of nitrogens with zero attached hydrogens (tertiary/aromatic N) is 6. The number of carboxylic acids is 2. The molecule has 2 aromatic rings. The van der Waals surface area contributed by atoms with Crippen LogP contribution in [0.3, 0.4) is 0 Å². The number of hydrogen-bond acceptors (Lipinski definition) is 7. The SMILES string of the molecule is O=C(C1CCOC1)N1CCc2nnc(Cn3cccn3)n2CC1.O=C(O)C(=O)O. The van der Waals surface area contributed by atoms with Crippen LogP contribution in [0.25, 0.3) is 0 Å². The molecule has 0 aromatic carbocycles. The molecule has 0 spiro atoms. The highest BCUT2D eigenvalue weighted by Gasteiger charge is 2.29. The molecule has 0 saturated carbocycles. The van der Waals surface area contributed by atoms with Crippen LogP contribution in [-0.2, 0) is 38.6 Å². The van der Waals surface area contributed by atoms with Crippen LogP contribution in [0.2, 0.25) is 0 Å². The van der Waals surface area contributed by atoms with Crippen molar-refractivity contribution in [1.82, 2.24) is 29.4 Å². The summed E-state index contributed by atoms with van der Waals surface area (Å²) >= 11 is 0. The summed E-state index contributed by atoms with van der Waals surface area (Å²) in [6.07, 6.45) is 5.25. The highest BCUT2D eigenvalue weighted by Crippen LogP contribution is 2.18. The Morgan fingerprint density at radius 2 is 1.93 bits per heavy atom. The molecule has 1 saturated heterocycles. The zero-order chi connectivity index (χ0) is 20.8. The Morgan fingerprint density at radius 3 is 2.55 bits per heavy atom. The normalized spacial score (nSPS) is 18.3. The fourth-order valence-electron chi connectivity index (χ4n) is 3.25. The third-order valence-electron chi connectivity index (χ3n) is 4.74. The Bertz CT molecular complexity index is 846. The molecule has 2 aliphatic heterocycles. The second-order valence-electron chi connectivity index (χ2n) is 6.63. The topological polar surface area (TPSA) is 153 Å². The molecule has 1 amide bonds. The Hall–Kier alpha value is -3.28. The van der Waals surface area contributed by atoms with Gasteiger partial charge in [0.25, 0.3) is 0 Å². The molecule has 4 rings (SSSR count). The van der Waals surface area contributed by atoms with Gasteiger partial charge in [-0.15, -0.1) is 10.2 Å². The van der Waals surface area contributed by atoms with Gasteiger partial charge >= 0.3 is 11.9 Å². The number of rotatable bonds is 3. The lowest BCUT2D eigenvalue weighted by Gasteiger charge is -2.23. The number of hydrogen-bond donors (Lipinski definition) is 2. The van der Waals surface area contributed by atoms with Gasteiger partial charge in [0.1, 0.15) is 12.4 Å². The van der Waals surface area contributed by atoms with Crippen LogP contribution < -0.4 is 0 Å². The molecule has 2 aliphatic rings. The van der Waals surface area contributed by atoms with E-state index in [9.17, 15) is 4.79 Å². The number of fused-ring (bicyclic) bond motifs is 1. The first-order valence-corrected chi connectivity index (χ1v) is 9.17. The molecular weight excluding hydrogens is 384 g/mol. The Morgan fingerprint density at radius 1 is 1.14 bits per heavy atom. The average Bonchev–Trinajstić information content (AvgIpc) is 3.44. The quantitative estimate of drug-likeness (QED) is 0.617. The third kappa shape index (κ3) is 5.16. The highest BCUT2D eigenvalue weighted by atomic mass is 16.5. The number of carbonyl (C=O) groups is 3. The van der Waals surface area contributed by atoms with Gasteiger partial charge in [-0.1, -0.05) is 0 Å². The van der Waals surface area contributed by atoms with Crippen molar-refractivity contribution in [2.45, 2.75) is 25.9 Å². The van der Waals surface area contributed by atoms with Crippen LogP contribution in [0.1, 0.15) is 18.1 Å². The Kier molecular flexibility index (Phi) is 6.54. The zero-order valence-electron chi connectivity index (χ0n) is 15.7. The van der Waals surface area contributed by atoms with E-state index in [1.165, 1.54) is 0 Å². The summed E-state index contributed by atoms with van der Waals surface area (Å²) in [7, 11) is 0. The molecule has 2 N–H and O–H groups in total. The highest BCUT2D eigenvalue weighted by molar-refractivity contribution is 6.27. The standard InChI is InChI=1S/C15H20N6O2.C2H2O4/c22-15(12-3-9-23-11-12)19-6-2-13-17-18-14(21(13)8-7-19)10-20-5-1-4-16-20;3-1(4)2(5)6/h1,4-5,12H,2-3,6-11H2;(H,3,4)(H,5,6). The maximum atomic E-state index is 12.6. The molecule has 1 fully saturated rings. The second-order valence-corrected chi connectivity index (χ2v) is 6.63. The van der Waals surface area contributed by atoms with E-state index >= 15 is 0 Å². The van der Waals surface area contributed by atoms with Crippen molar-refractivity contribution in [2.75, 3.05) is 26.3 Å². The van der Waals surface area contributed by atoms with E-state index in [-0.39, 0.29) is 11.8 Å². The van der Waals surface area contributed by atoms with Crippen LogP contribution in [0, 0.1) is 5.92 Å². The van der Waals surface area contributed by atoms with E-state index in [1.54, 1.807) is 6.20 Å². The van der Waals surface area contributed by atoms with E-state index < -0.39 is 11.9 Å². The van der Waals surface area contributed by atoms with E-state index in [0.29, 0.717) is 32.8 Å². The molecule has 0 bridgehead atoms. The molecule has 0 aliphatic carbocycles. The summed E-state index contributed by atoms with van der Waals surface area (Å²) in [6.45, 7) is 4.00. The van der Waals surface area contributed by atoms with Gasteiger partial charge in [0, 0.05) is 45.1 Å². The van der Waals surface area contributed by atoms with Gasteiger partial charge in [0.15, 0.2) is 5.82 Å². The molecule has 2 aromatic heterocycles. The maximum absolute atomic E-state index is 12.6. The van der Waals surface area contributed by atoms with Gasteiger partial charge in [-0.2, -0.15) is 5.10 Å². The van der Waals surface area contributed by atoms with E-state index in [4.69, 9.17) is 24.5 Å². The van der Waals surface area contributed by atoms with E-state index in [2.05, 4.69) is 19.9 Å². The van der Waals surface area contributed by atoms with E-state index in [0.717, 1.165) is 31.0 Å². The third-order valence-corrected chi connectivity index (χ3v) is 4.74. The number of aliphatic carboxylic acids is 2. The van der Waals surface area contributed by atoms with Crippen molar-refractivity contribution in [2.24, 2.45) is 5.92 Å². The minimum atomic E-state index is -1.82. The number of ether oxygens (including phenoxy) is 1. The number of amides is 1. The minimum Gasteiger partial charge on any atom is -0.473 e.